The number of hydrogen-bond acceptors (Lipinski definition) is 4. The fourth-order valence-electron chi connectivity index (χ4n) is 3.04. The van der Waals surface area contributed by atoms with Gasteiger partial charge < -0.3 is 10.1 Å². The Morgan fingerprint density at radius 2 is 1.90 bits per heavy atom. The van der Waals surface area contributed by atoms with Crippen molar-refractivity contribution >= 4 is 11.8 Å². The van der Waals surface area contributed by atoms with Crippen molar-refractivity contribution in [3.8, 4) is 0 Å². The van der Waals surface area contributed by atoms with Crippen molar-refractivity contribution < 1.29 is 9.53 Å². The van der Waals surface area contributed by atoms with Crippen molar-refractivity contribution in [2.75, 3.05) is 19.0 Å². The lowest BCUT2D eigenvalue weighted by Gasteiger charge is -2.09. The maximum Gasteiger partial charge on any atom is 0.339 e. The highest BCUT2D eigenvalue weighted by Crippen LogP contribution is 2.68. The number of anilines is 1. The summed E-state index contributed by atoms with van der Waals surface area (Å²) in [5.74, 6) is 1.11. The third-order valence-electron chi connectivity index (χ3n) is 5.30. The van der Waals surface area contributed by atoms with E-state index in [4.69, 9.17) is 4.74 Å². The predicted octanol–water partition coefficient (Wildman–Crippen LogP) is 3.27. The second-order valence-electron chi connectivity index (χ2n) is 6.70. The van der Waals surface area contributed by atoms with Crippen LogP contribution in [0.2, 0.25) is 0 Å². The minimum absolute atomic E-state index is 0.342. The number of nitrogens with zero attached hydrogens (tertiary/aromatic N) is 1. The highest BCUT2D eigenvalue weighted by molar-refractivity contribution is 5.90. The first-order valence-electron chi connectivity index (χ1n) is 7.01. The number of carbonyl (C=O) groups excluding carboxylic acids is 1. The van der Waals surface area contributed by atoms with Crippen LogP contribution in [0.25, 0.3) is 0 Å². The molecule has 1 fully saturated rings. The predicted molar refractivity (Wildman–Crippen MR) is 79.9 cm³/mol. The number of carbonyl (C=O) groups is 1. The second-order valence-corrected chi connectivity index (χ2v) is 6.70. The molecule has 1 aliphatic carbocycles. The molecule has 0 aromatic carbocycles. The van der Waals surface area contributed by atoms with E-state index in [2.05, 4.69) is 38.0 Å². The van der Waals surface area contributed by atoms with Crippen LogP contribution in [-0.2, 0) is 4.74 Å². The minimum Gasteiger partial charge on any atom is -0.465 e. The number of aryl methyl sites for hydroxylation is 1. The summed E-state index contributed by atoms with van der Waals surface area (Å²) in [4.78, 5) is 15.9. The molecule has 0 amide bonds. The van der Waals surface area contributed by atoms with Gasteiger partial charge in [0, 0.05) is 6.54 Å². The molecule has 4 heteroatoms. The van der Waals surface area contributed by atoms with Crippen molar-refractivity contribution in [1.82, 2.24) is 4.98 Å². The molecule has 2 rings (SSSR count). The first kappa shape index (κ1) is 14.8. The zero-order valence-corrected chi connectivity index (χ0v) is 13.2. The minimum atomic E-state index is -0.342. The molecule has 1 N–H and O–H groups in total. The molecule has 110 valence electrons. The molecule has 20 heavy (non-hydrogen) atoms. The van der Waals surface area contributed by atoms with E-state index < -0.39 is 0 Å². The Hall–Kier alpha value is -1.58. The zero-order chi connectivity index (χ0) is 15.1. The van der Waals surface area contributed by atoms with E-state index in [1.54, 1.807) is 6.07 Å². The first-order chi connectivity index (χ1) is 9.21. The average Bonchev–Trinajstić information content (AvgIpc) is 2.76. The molecule has 0 atom stereocenters. The number of ether oxygens (including phenoxy) is 1. The summed E-state index contributed by atoms with van der Waals surface area (Å²) in [6.07, 6.45) is 0. The lowest BCUT2D eigenvalue weighted by atomic mass is 10.0. The Morgan fingerprint density at radius 3 is 2.35 bits per heavy atom. The SMILES string of the molecule is COC(=O)c1ccc(NCC2C(C)(C)C2(C)C)nc1C. The van der Waals surface area contributed by atoms with Gasteiger partial charge in [-0.2, -0.15) is 0 Å². The molecular formula is C16H24N2O2. The van der Waals surface area contributed by atoms with Crippen molar-refractivity contribution in [2.45, 2.75) is 34.6 Å². The summed E-state index contributed by atoms with van der Waals surface area (Å²) < 4.78 is 4.72. The lowest BCUT2D eigenvalue weighted by Crippen LogP contribution is -2.11. The van der Waals surface area contributed by atoms with Gasteiger partial charge in [0.25, 0.3) is 0 Å². The maximum absolute atomic E-state index is 11.5. The van der Waals surface area contributed by atoms with Gasteiger partial charge in [-0.1, -0.05) is 27.7 Å². The van der Waals surface area contributed by atoms with Gasteiger partial charge in [0.1, 0.15) is 5.82 Å². The van der Waals surface area contributed by atoms with Crippen LogP contribution in [0, 0.1) is 23.7 Å². The van der Waals surface area contributed by atoms with E-state index in [0.29, 0.717) is 28.0 Å². The van der Waals surface area contributed by atoms with Crippen LogP contribution >= 0.6 is 0 Å². The fraction of sp³-hybridized carbons (Fsp3) is 0.625. The Labute approximate surface area is 120 Å². The van der Waals surface area contributed by atoms with Crippen molar-refractivity contribution in [2.24, 2.45) is 16.7 Å². The molecule has 0 radical (unpaired) electrons. The zero-order valence-electron chi connectivity index (χ0n) is 13.2. The molecule has 0 bridgehead atoms. The number of methoxy groups -OCH3 is 1. The topological polar surface area (TPSA) is 51.2 Å². The maximum atomic E-state index is 11.5. The Kier molecular flexibility index (Phi) is 3.53. The van der Waals surface area contributed by atoms with Gasteiger partial charge >= 0.3 is 5.97 Å². The fourth-order valence-corrected chi connectivity index (χ4v) is 3.04. The van der Waals surface area contributed by atoms with E-state index >= 15 is 0 Å². The lowest BCUT2D eigenvalue weighted by molar-refractivity contribution is 0.0599. The number of nitrogens with one attached hydrogen (secondary N) is 1. The molecule has 0 unspecified atom stereocenters. The standard InChI is InChI=1S/C16H24N2O2/c1-10-11(14(19)20-6)7-8-13(18-10)17-9-12-15(2,3)16(12,4)5/h7-8,12H,9H2,1-6H3,(H,17,18). The second kappa shape index (κ2) is 4.76. The summed E-state index contributed by atoms with van der Waals surface area (Å²) in [6, 6.07) is 3.60. The van der Waals surface area contributed by atoms with E-state index in [0.717, 1.165) is 12.4 Å². The third-order valence-corrected chi connectivity index (χ3v) is 5.30. The quantitative estimate of drug-likeness (QED) is 0.858. The van der Waals surface area contributed by atoms with Gasteiger partial charge in [-0.15, -0.1) is 0 Å². The molecule has 1 saturated carbocycles. The molecule has 0 spiro atoms. The smallest absolute Gasteiger partial charge is 0.339 e. The number of esters is 1. The van der Waals surface area contributed by atoms with E-state index in [-0.39, 0.29) is 5.97 Å². The Morgan fingerprint density at radius 1 is 1.30 bits per heavy atom. The molecular weight excluding hydrogens is 252 g/mol. The average molecular weight is 276 g/mol. The van der Waals surface area contributed by atoms with Gasteiger partial charge in [0.15, 0.2) is 0 Å². The summed E-state index contributed by atoms with van der Waals surface area (Å²) in [5.41, 5.74) is 1.93. The van der Waals surface area contributed by atoms with Crippen LogP contribution in [0.15, 0.2) is 12.1 Å². The van der Waals surface area contributed by atoms with Gasteiger partial charge in [0.2, 0.25) is 0 Å². The van der Waals surface area contributed by atoms with Crippen LogP contribution in [0.4, 0.5) is 5.82 Å². The molecule has 1 aromatic heterocycles. The molecule has 1 aromatic rings. The van der Waals surface area contributed by atoms with Gasteiger partial charge in [0.05, 0.1) is 18.4 Å². The van der Waals surface area contributed by atoms with Crippen LogP contribution in [-0.4, -0.2) is 24.6 Å². The van der Waals surface area contributed by atoms with Crippen LogP contribution < -0.4 is 5.32 Å². The summed E-state index contributed by atoms with van der Waals surface area (Å²) >= 11 is 0. The van der Waals surface area contributed by atoms with Crippen LogP contribution in [0.1, 0.15) is 43.7 Å². The molecule has 0 saturated heterocycles. The van der Waals surface area contributed by atoms with Crippen LogP contribution in [0.5, 0.6) is 0 Å². The normalized spacial score (nSPS) is 19.5. The number of pyridine rings is 1. The van der Waals surface area contributed by atoms with Gasteiger partial charge in [-0.25, -0.2) is 9.78 Å². The highest BCUT2D eigenvalue weighted by atomic mass is 16.5. The summed E-state index contributed by atoms with van der Waals surface area (Å²) in [7, 11) is 1.38. The van der Waals surface area contributed by atoms with Crippen molar-refractivity contribution in [3.63, 3.8) is 0 Å². The number of hydrogen-bond donors (Lipinski definition) is 1. The molecule has 4 nitrogen and oxygen atoms in total. The van der Waals surface area contributed by atoms with Crippen molar-refractivity contribution in [1.29, 1.82) is 0 Å². The summed E-state index contributed by atoms with van der Waals surface area (Å²) in [6.45, 7) is 11.9. The van der Waals surface area contributed by atoms with E-state index in [1.165, 1.54) is 7.11 Å². The van der Waals surface area contributed by atoms with Crippen LogP contribution in [0.3, 0.4) is 0 Å². The monoisotopic (exact) mass is 276 g/mol. The third kappa shape index (κ3) is 2.28. The largest absolute Gasteiger partial charge is 0.465 e. The molecule has 0 aliphatic heterocycles. The first-order valence-corrected chi connectivity index (χ1v) is 7.01. The number of rotatable bonds is 4. The van der Waals surface area contributed by atoms with E-state index in [9.17, 15) is 4.79 Å². The Balaban J connectivity index is 2.02. The van der Waals surface area contributed by atoms with E-state index in [1.807, 2.05) is 13.0 Å². The van der Waals surface area contributed by atoms with Gasteiger partial charge in [-0.05, 0) is 35.8 Å². The van der Waals surface area contributed by atoms with Crippen molar-refractivity contribution in [3.05, 3.63) is 23.4 Å². The number of aromatic nitrogens is 1. The highest BCUT2D eigenvalue weighted by Gasteiger charge is 2.64. The van der Waals surface area contributed by atoms with Gasteiger partial charge in [-0.3, -0.25) is 0 Å². The molecule has 1 aliphatic rings. The Bertz CT molecular complexity index is 521. The summed E-state index contributed by atoms with van der Waals surface area (Å²) in [5, 5.41) is 3.38. The molecule has 1 heterocycles.